The van der Waals surface area contributed by atoms with Gasteiger partial charge in [-0.3, -0.25) is 4.79 Å². The minimum absolute atomic E-state index is 0.00299. The Morgan fingerprint density at radius 2 is 1.83 bits per heavy atom. The van der Waals surface area contributed by atoms with E-state index in [4.69, 9.17) is 0 Å². The summed E-state index contributed by atoms with van der Waals surface area (Å²) < 4.78 is 13.7. The number of carbonyl (C=O) groups excluding carboxylic acids is 1. The van der Waals surface area contributed by atoms with Crippen LogP contribution in [0.25, 0.3) is 21.9 Å². The second-order valence-electron chi connectivity index (χ2n) is 7.94. The molecule has 1 aliphatic carbocycles. The van der Waals surface area contributed by atoms with Crippen LogP contribution in [0.1, 0.15) is 23.5 Å². The summed E-state index contributed by atoms with van der Waals surface area (Å²) in [7, 11) is 0. The maximum absolute atomic E-state index is 13.7. The summed E-state index contributed by atoms with van der Waals surface area (Å²) in [5, 5.41) is 4.89. The van der Waals surface area contributed by atoms with Crippen molar-refractivity contribution in [3.8, 4) is 11.1 Å². The highest BCUT2D eigenvalue weighted by atomic mass is 19.1. The number of aryl methyl sites for hydroxylation is 1. The molecular formula is C26H21FN2O. The van der Waals surface area contributed by atoms with Gasteiger partial charge in [-0.05, 0) is 71.2 Å². The van der Waals surface area contributed by atoms with Gasteiger partial charge in [-0.15, -0.1) is 0 Å². The number of aromatic nitrogens is 1. The van der Waals surface area contributed by atoms with Gasteiger partial charge in [0.15, 0.2) is 0 Å². The Labute approximate surface area is 174 Å². The molecule has 5 rings (SSSR count). The van der Waals surface area contributed by atoms with E-state index in [1.807, 2.05) is 49.4 Å². The first-order valence-electron chi connectivity index (χ1n) is 10.1. The van der Waals surface area contributed by atoms with Crippen molar-refractivity contribution in [3.05, 3.63) is 95.9 Å². The predicted octanol–water partition coefficient (Wildman–Crippen LogP) is 6.09. The van der Waals surface area contributed by atoms with Crippen LogP contribution in [0.15, 0.2) is 79.0 Å². The number of hydrogen-bond acceptors (Lipinski definition) is 2. The van der Waals surface area contributed by atoms with Crippen molar-refractivity contribution in [1.29, 1.82) is 0 Å². The molecule has 1 N–H and O–H groups in total. The smallest absolute Gasteiger partial charge is 0.229 e. The zero-order valence-electron chi connectivity index (χ0n) is 16.6. The quantitative estimate of drug-likeness (QED) is 0.453. The van der Waals surface area contributed by atoms with Gasteiger partial charge in [0.05, 0.1) is 0 Å². The fraction of sp³-hybridized carbons (Fsp3) is 0.154. The second kappa shape index (κ2) is 7.38. The highest BCUT2D eigenvalue weighted by Crippen LogP contribution is 2.47. The van der Waals surface area contributed by atoms with Crippen LogP contribution in [-0.2, 0) is 4.79 Å². The molecule has 4 heteroatoms. The molecular weight excluding hydrogens is 375 g/mol. The van der Waals surface area contributed by atoms with E-state index in [9.17, 15) is 9.18 Å². The van der Waals surface area contributed by atoms with Gasteiger partial charge >= 0.3 is 0 Å². The van der Waals surface area contributed by atoms with Gasteiger partial charge in [0.2, 0.25) is 5.91 Å². The number of hydrogen-bond donors (Lipinski definition) is 1. The Bertz CT molecular complexity index is 1250. The SMILES string of the molecule is Cc1ccc(F)cc1-c1ccc2cc(NC(=O)C3CC3c3ccccc3)ncc2c1. The summed E-state index contributed by atoms with van der Waals surface area (Å²) in [6.45, 7) is 1.97. The Hall–Kier alpha value is -3.53. The van der Waals surface area contributed by atoms with Crippen LogP contribution in [0.2, 0.25) is 0 Å². The van der Waals surface area contributed by atoms with E-state index in [0.717, 1.165) is 33.9 Å². The number of anilines is 1. The number of nitrogens with one attached hydrogen (secondary N) is 1. The summed E-state index contributed by atoms with van der Waals surface area (Å²) in [4.78, 5) is 17.0. The Morgan fingerprint density at radius 3 is 2.67 bits per heavy atom. The molecule has 1 heterocycles. The topological polar surface area (TPSA) is 42.0 Å². The van der Waals surface area contributed by atoms with Gasteiger partial charge in [0.1, 0.15) is 11.6 Å². The molecule has 1 aliphatic rings. The normalized spacial score (nSPS) is 17.7. The molecule has 0 radical (unpaired) electrons. The zero-order chi connectivity index (χ0) is 20.7. The third-order valence-electron chi connectivity index (χ3n) is 5.84. The molecule has 4 aromatic rings. The van der Waals surface area contributed by atoms with Crippen molar-refractivity contribution in [2.45, 2.75) is 19.3 Å². The first-order chi connectivity index (χ1) is 14.6. The van der Waals surface area contributed by atoms with Crippen LogP contribution in [0, 0.1) is 18.7 Å². The second-order valence-corrected chi connectivity index (χ2v) is 7.94. The summed E-state index contributed by atoms with van der Waals surface area (Å²) in [5.41, 5.74) is 4.05. The van der Waals surface area contributed by atoms with Crippen molar-refractivity contribution in [2.75, 3.05) is 5.32 Å². The standard InChI is InChI=1S/C26H21FN2O/c1-16-7-10-21(27)13-22(16)19-9-8-18-12-25(28-15-20(18)11-19)29-26(30)24-14-23(24)17-5-3-2-4-6-17/h2-13,15,23-24H,14H2,1H3,(H,28,29,30). The van der Waals surface area contributed by atoms with Gasteiger partial charge in [0, 0.05) is 17.5 Å². The number of rotatable bonds is 4. The number of fused-ring (bicyclic) bond motifs is 1. The number of benzene rings is 3. The molecule has 0 bridgehead atoms. The first kappa shape index (κ1) is 18.5. The van der Waals surface area contributed by atoms with E-state index in [0.29, 0.717) is 11.7 Å². The maximum Gasteiger partial charge on any atom is 0.229 e. The summed E-state index contributed by atoms with van der Waals surface area (Å²) in [5.74, 6) is 0.622. The number of carbonyl (C=O) groups is 1. The number of halogens is 1. The van der Waals surface area contributed by atoms with Gasteiger partial charge in [-0.25, -0.2) is 9.37 Å². The summed E-state index contributed by atoms with van der Waals surface area (Å²) >= 11 is 0. The molecule has 0 spiro atoms. The average molecular weight is 396 g/mol. The van der Waals surface area contributed by atoms with Crippen LogP contribution < -0.4 is 5.32 Å². The maximum atomic E-state index is 13.7. The minimum Gasteiger partial charge on any atom is -0.310 e. The van der Waals surface area contributed by atoms with Crippen LogP contribution in [0.4, 0.5) is 10.2 Å². The molecule has 1 amide bonds. The van der Waals surface area contributed by atoms with Crippen LogP contribution in [-0.4, -0.2) is 10.9 Å². The monoisotopic (exact) mass is 396 g/mol. The van der Waals surface area contributed by atoms with Crippen LogP contribution in [0.5, 0.6) is 0 Å². The molecule has 1 fully saturated rings. The van der Waals surface area contributed by atoms with Crippen molar-refractivity contribution in [1.82, 2.24) is 4.98 Å². The van der Waals surface area contributed by atoms with Gasteiger partial charge in [-0.2, -0.15) is 0 Å². The highest BCUT2D eigenvalue weighted by Gasteiger charge is 2.43. The van der Waals surface area contributed by atoms with E-state index in [2.05, 4.69) is 22.4 Å². The fourth-order valence-electron chi connectivity index (χ4n) is 4.06. The third kappa shape index (κ3) is 3.57. The lowest BCUT2D eigenvalue weighted by atomic mass is 9.98. The lowest BCUT2D eigenvalue weighted by molar-refractivity contribution is -0.117. The predicted molar refractivity (Wildman–Crippen MR) is 118 cm³/mol. The van der Waals surface area contributed by atoms with Crippen molar-refractivity contribution in [2.24, 2.45) is 5.92 Å². The zero-order valence-corrected chi connectivity index (χ0v) is 16.6. The third-order valence-corrected chi connectivity index (χ3v) is 5.84. The molecule has 2 atom stereocenters. The van der Waals surface area contributed by atoms with Crippen molar-refractivity contribution in [3.63, 3.8) is 0 Å². The lowest BCUT2D eigenvalue weighted by Gasteiger charge is -2.09. The Balaban J connectivity index is 1.34. The van der Waals surface area contributed by atoms with E-state index in [1.54, 1.807) is 18.3 Å². The molecule has 2 unspecified atom stereocenters. The highest BCUT2D eigenvalue weighted by molar-refractivity contribution is 5.96. The molecule has 1 saturated carbocycles. The van der Waals surface area contributed by atoms with Crippen molar-refractivity contribution >= 4 is 22.5 Å². The van der Waals surface area contributed by atoms with Gasteiger partial charge in [0.25, 0.3) is 0 Å². The lowest BCUT2D eigenvalue weighted by Crippen LogP contribution is -2.15. The van der Waals surface area contributed by atoms with Gasteiger partial charge < -0.3 is 5.32 Å². The molecule has 148 valence electrons. The molecule has 3 nitrogen and oxygen atoms in total. The van der Waals surface area contributed by atoms with E-state index >= 15 is 0 Å². The molecule has 0 saturated heterocycles. The first-order valence-corrected chi connectivity index (χ1v) is 10.1. The van der Waals surface area contributed by atoms with Crippen LogP contribution in [0.3, 0.4) is 0 Å². The van der Waals surface area contributed by atoms with Crippen LogP contribution >= 0.6 is 0 Å². The van der Waals surface area contributed by atoms with E-state index in [-0.39, 0.29) is 17.6 Å². The Morgan fingerprint density at radius 1 is 1.00 bits per heavy atom. The van der Waals surface area contributed by atoms with Gasteiger partial charge in [-0.1, -0.05) is 48.5 Å². The number of amides is 1. The fourth-order valence-corrected chi connectivity index (χ4v) is 4.06. The summed E-state index contributed by atoms with van der Waals surface area (Å²) in [6, 6.07) is 22.8. The van der Waals surface area contributed by atoms with E-state index in [1.165, 1.54) is 11.6 Å². The average Bonchev–Trinajstić information content (AvgIpc) is 3.57. The van der Waals surface area contributed by atoms with E-state index < -0.39 is 0 Å². The minimum atomic E-state index is -0.249. The largest absolute Gasteiger partial charge is 0.310 e. The molecule has 1 aromatic heterocycles. The summed E-state index contributed by atoms with van der Waals surface area (Å²) in [6.07, 6.45) is 2.63. The Kier molecular flexibility index (Phi) is 4.55. The van der Waals surface area contributed by atoms with Crippen molar-refractivity contribution < 1.29 is 9.18 Å². The molecule has 30 heavy (non-hydrogen) atoms. The molecule has 3 aromatic carbocycles. The number of nitrogens with zero attached hydrogens (tertiary/aromatic N) is 1. The number of pyridine rings is 1. The molecule has 0 aliphatic heterocycles.